The van der Waals surface area contributed by atoms with E-state index in [0.29, 0.717) is 0 Å². The number of ketones is 1. The molecule has 0 amide bonds. The standard InChI is InChI=1S/C15H19IO2/c1-14(2)9-12(15(3,4)18-14)13(17)10-6-5-7-11(16)8-10/h5-8,12H,9H2,1-4H3. The highest BCUT2D eigenvalue weighted by Crippen LogP contribution is 2.43. The van der Waals surface area contributed by atoms with Gasteiger partial charge in [-0.3, -0.25) is 4.79 Å². The van der Waals surface area contributed by atoms with E-state index in [1.165, 1.54) is 0 Å². The Kier molecular flexibility index (Phi) is 3.58. The average Bonchev–Trinajstić information content (AvgIpc) is 2.45. The van der Waals surface area contributed by atoms with E-state index in [0.717, 1.165) is 15.6 Å². The Morgan fingerprint density at radius 2 is 2.00 bits per heavy atom. The van der Waals surface area contributed by atoms with E-state index in [1.54, 1.807) is 0 Å². The number of benzene rings is 1. The van der Waals surface area contributed by atoms with E-state index in [1.807, 2.05) is 38.1 Å². The van der Waals surface area contributed by atoms with Crippen molar-refractivity contribution in [3.8, 4) is 0 Å². The second-order valence-corrected chi connectivity index (χ2v) is 7.34. The van der Waals surface area contributed by atoms with Crippen molar-refractivity contribution >= 4 is 28.4 Å². The molecule has 1 heterocycles. The highest BCUT2D eigenvalue weighted by atomic mass is 127. The van der Waals surface area contributed by atoms with Gasteiger partial charge in [0.1, 0.15) is 0 Å². The number of ether oxygens (including phenoxy) is 1. The lowest BCUT2D eigenvalue weighted by molar-refractivity contribution is -0.0712. The molecule has 0 aliphatic carbocycles. The molecule has 0 spiro atoms. The number of Topliss-reactive ketones (excluding diaryl/α,β-unsaturated/α-hetero) is 1. The molecule has 0 radical (unpaired) electrons. The second-order valence-electron chi connectivity index (χ2n) is 6.10. The number of hydrogen-bond donors (Lipinski definition) is 0. The van der Waals surface area contributed by atoms with Gasteiger partial charge in [-0.25, -0.2) is 0 Å². The largest absolute Gasteiger partial charge is 0.369 e. The SMILES string of the molecule is CC1(C)CC(C(=O)c2cccc(I)c2)C(C)(C)O1. The van der Waals surface area contributed by atoms with Crippen molar-refractivity contribution in [2.45, 2.75) is 45.3 Å². The fraction of sp³-hybridized carbons (Fsp3) is 0.533. The fourth-order valence-electron chi connectivity index (χ4n) is 2.81. The molecule has 1 unspecified atom stereocenters. The Balaban J connectivity index is 2.30. The minimum Gasteiger partial charge on any atom is -0.369 e. The van der Waals surface area contributed by atoms with Crippen LogP contribution < -0.4 is 0 Å². The second kappa shape index (κ2) is 4.60. The minimum atomic E-state index is -0.387. The van der Waals surface area contributed by atoms with Gasteiger partial charge >= 0.3 is 0 Å². The van der Waals surface area contributed by atoms with E-state index in [-0.39, 0.29) is 22.9 Å². The third-order valence-corrected chi connectivity index (χ3v) is 4.17. The van der Waals surface area contributed by atoms with Crippen LogP contribution in [-0.4, -0.2) is 17.0 Å². The molecular formula is C15H19IO2. The van der Waals surface area contributed by atoms with Gasteiger partial charge in [-0.2, -0.15) is 0 Å². The topological polar surface area (TPSA) is 26.3 Å². The molecular weight excluding hydrogens is 339 g/mol. The van der Waals surface area contributed by atoms with Crippen LogP contribution in [-0.2, 0) is 4.74 Å². The molecule has 1 saturated heterocycles. The summed E-state index contributed by atoms with van der Waals surface area (Å²) in [7, 11) is 0. The lowest BCUT2D eigenvalue weighted by Gasteiger charge is -2.26. The third kappa shape index (κ3) is 2.77. The molecule has 1 atom stereocenters. The van der Waals surface area contributed by atoms with Crippen LogP contribution in [0.2, 0.25) is 0 Å². The van der Waals surface area contributed by atoms with Crippen molar-refractivity contribution < 1.29 is 9.53 Å². The van der Waals surface area contributed by atoms with E-state index in [4.69, 9.17) is 4.74 Å². The summed E-state index contributed by atoms with van der Waals surface area (Å²) in [5.41, 5.74) is 0.189. The van der Waals surface area contributed by atoms with Crippen molar-refractivity contribution in [1.82, 2.24) is 0 Å². The Morgan fingerprint density at radius 1 is 1.33 bits per heavy atom. The normalized spacial score (nSPS) is 25.1. The minimum absolute atomic E-state index is 0.0642. The molecule has 2 rings (SSSR count). The summed E-state index contributed by atoms with van der Waals surface area (Å²) in [6.07, 6.45) is 0.782. The van der Waals surface area contributed by atoms with Crippen molar-refractivity contribution in [3.63, 3.8) is 0 Å². The molecule has 1 aromatic rings. The summed E-state index contributed by atoms with van der Waals surface area (Å²) in [6, 6.07) is 7.77. The van der Waals surface area contributed by atoms with E-state index in [9.17, 15) is 4.79 Å². The first kappa shape index (κ1) is 14.0. The van der Waals surface area contributed by atoms with E-state index < -0.39 is 0 Å². The van der Waals surface area contributed by atoms with Gasteiger partial charge in [0, 0.05) is 9.13 Å². The Morgan fingerprint density at radius 3 is 2.50 bits per heavy atom. The summed E-state index contributed by atoms with van der Waals surface area (Å²) >= 11 is 2.23. The Hall–Kier alpha value is -0.420. The number of rotatable bonds is 2. The molecule has 1 aliphatic heterocycles. The third-order valence-electron chi connectivity index (χ3n) is 3.50. The zero-order chi connectivity index (χ0) is 13.6. The molecule has 0 aromatic heterocycles. The number of carbonyl (C=O) groups is 1. The van der Waals surface area contributed by atoms with Crippen LogP contribution in [0.3, 0.4) is 0 Å². The smallest absolute Gasteiger partial charge is 0.168 e. The van der Waals surface area contributed by atoms with Crippen LogP contribution in [0.4, 0.5) is 0 Å². The number of halogens is 1. The summed E-state index contributed by atoms with van der Waals surface area (Å²) in [4.78, 5) is 12.6. The zero-order valence-electron chi connectivity index (χ0n) is 11.3. The van der Waals surface area contributed by atoms with Crippen molar-refractivity contribution in [2.75, 3.05) is 0 Å². The zero-order valence-corrected chi connectivity index (χ0v) is 13.4. The first-order valence-electron chi connectivity index (χ1n) is 6.21. The van der Waals surface area contributed by atoms with Crippen LogP contribution in [0.25, 0.3) is 0 Å². The first-order valence-corrected chi connectivity index (χ1v) is 7.29. The molecule has 1 aliphatic rings. The van der Waals surface area contributed by atoms with Gasteiger partial charge in [-0.15, -0.1) is 0 Å². The first-order chi connectivity index (χ1) is 8.21. The van der Waals surface area contributed by atoms with Gasteiger partial charge in [0.05, 0.1) is 17.1 Å². The van der Waals surface area contributed by atoms with Crippen LogP contribution in [0.1, 0.15) is 44.5 Å². The number of hydrogen-bond acceptors (Lipinski definition) is 2. The van der Waals surface area contributed by atoms with Gasteiger partial charge < -0.3 is 4.74 Å². The van der Waals surface area contributed by atoms with Gasteiger partial charge in [-0.1, -0.05) is 12.1 Å². The van der Waals surface area contributed by atoms with E-state index in [2.05, 4.69) is 36.4 Å². The van der Waals surface area contributed by atoms with Crippen LogP contribution in [0, 0.1) is 9.49 Å². The van der Waals surface area contributed by atoms with Crippen molar-refractivity contribution in [2.24, 2.45) is 5.92 Å². The molecule has 0 N–H and O–H groups in total. The van der Waals surface area contributed by atoms with E-state index >= 15 is 0 Å². The van der Waals surface area contributed by atoms with Gasteiger partial charge in [0.25, 0.3) is 0 Å². The predicted molar refractivity (Wildman–Crippen MR) is 80.8 cm³/mol. The van der Waals surface area contributed by atoms with Gasteiger partial charge in [-0.05, 0) is 68.8 Å². The number of carbonyl (C=O) groups excluding carboxylic acids is 1. The fourth-order valence-corrected chi connectivity index (χ4v) is 3.36. The lowest BCUT2D eigenvalue weighted by atomic mass is 9.82. The maximum atomic E-state index is 12.6. The summed E-state index contributed by atoms with van der Waals surface area (Å²) < 4.78 is 7.09. The van der Waals surface area contributed by atoms with Crippen molar-refractivity contribution in [3.05, 3.63) is 33.4 Å². The maximum absolute atomic E-state index is 12.6. The van der Waals surface area contributed by atoms with Gasteiger partial charge in [0.2, 0.25) is 0 Å². The Labute approximate surface area is 122 Å². The summed E-state index contributed by atoms with van der Waals surface area (Å²) in [5, 5.41) is 0. The Bertz CT molecular complexity index is 477. The van der Waals surface area contributed by atoms with Crippen LogP contribution in [0.5, 0.6) is 0 Å². The summed E-state index contributed by atoms with van der Waals surface area (Å²) in [5.74, 6) is 0.134. The van der Waals surface area contributed by atoms with Crippen LogP contribution in [0.15, 0.2) is 24.3 Å². The van der Waals surface area contributed by atoms with Gasteiger partial charge in [0.15, 0.2) is 5.78 Å². The molecule has 1 fully saturated rings. The molecule has 18 heavy (non-hydrogen) atoms. The summed E-state index contributed by atoms with van der Waals surface area (Å²) in [6.45, 7) is 8.13. The molecule has 0 saturated carbocycles. The maximum Gasteiger partial charge on any atom is 0.168 e. The molecule has 3 heteroatoms. The van der Waals surface area contributed by atoms with Crippen molar-refractivity contribution in [1.29, 1.82) is 0 Å². The molecule has 2 nitrogen and oxygen atoms in total. The highest BCUT2D eigenvalue weighted by molar-refractivity contribution is 14.1. The molecule has 1 aromatic carbocycles. The monoisotopic (exact) mass is 358 g/mol. The highest BCUT2D eigenvalue weighted by Gasteiger charge is 2.49. The average molecular weight is 358 g/mol. The quantitative estimate of drug-likeness (QED) is 0.589. The van der Waals surface area contributed by atoms with Crippen LogP contribution >= 0.6 is 22.6 Å². The lowest BCUT2D eigenvalue weighted by Crippen LogP contribution is -2.33. The predicted octanol–water partition coefficient (Wildman–Crippen LogP) is 4.07. The molecule has 0 bridgehead atoms. The molecule has 98 valence electrons.